The van der Waals surface area contributed by atoms with Gasteiger partial charge in [-0.3, -0.25) is 9.59 Å². The van der Waals surface area contributed by atoms with E-state index in [4.69, 9.17) is 10.5 Å². The Hall–Kier alpha value is -3.91. The van der Waals surface area contributed by atoms with Crippen molar-refractivity contribution in [1.82, 2.24) is 5.32 Å². The number of hydrogen-bond donors (Lipinski definition) is 2. The van der Waals surface area contributed by atoms with E-state index in [1.165, 1.54) is 24.3 Å². The first-order valence-corrected chi connectivity index (χ1v) is 17.3. The summed E-state index contributed by atoms with van der Waals surface area (Å²) in [6, 6.07) is 21.5. The van der Waals surface area contributed by atoms with Crippen LogP contribution in [0, 0.1) is 22.5 Å². The van der Waals surface area contributed by atoms with Crippen molar-refractivity contribution < 1.29 is 27.9 Å². The highest BCUT2D eigenvalue weighted by Gasteiger charge is 2.52. The van der Waals surface area contributed by atoms with Crippen LogP contribution >= 0.6 is 0 Å². The van der Waals surface area contributed by atoms with Gasteiger partial charge < -0.3 is 15.8 Å². The Morgan fingerprint density at radius 3 is 1.88 bits per heavy atom. The first-order valence-electron chi connectivity index (χ1n) is 17.3. The molecule has 0 spiro atoms. The molecular formula is C40H46F2N2O4. The molecule has 3 aromatic rings. The number of halogens is 2. The summed E-state index contributed by atoms with van der Waals surface area (Å²) in [6.45, 7) is 0.242. The van der Waals surface area contributed by atoms with Gasteiger partial charge in [0.1, 0.15) is 18.2 Å². The van der Waals surface area contributed by atoms with Gasteiger partial charge >= 0.3 is 6.09 Å². The fourth-order valence-electron chi connectivity index (χ4n) is 9.14. The van der Waals surface area contributed by atoms with Crippen LogP contribution in [0.1, 0.15) is 116 Å². The highest BCUT2D eigenvalue weighted by atomic mass is 19.1. The number of ether oxygens (including phenoxy) is 1. The number of hydrogen-bond acceptors (Lipinski definition) is 5. The van der Waals surface area contributed by atoms with E-state index < -0.39 is 6.09 Å². The number of benzene rings is 3. The number of Topliss-reactive ketones (excluding diaryl/α,β-unsaturated/α-hetero) is 2. The zero-order valence-corrected chi connectivity index (χ0v) is 27.6. The van der Waals surface area contributed by atoms with E-state index in [1.54, 1.807) is 24.3 Å². The second kappa shape index (κ2) is 13.9. The van der Waals surface area contributed by atoms with E-state index in [2.05, 4.69) is 5.32 Å². The quantitative estimate of drug-likeness (QED) is 0.224. The average Bonchev–Trinajstić information content (AvgIpc) is 3.45. The number of carbonyl (C=O) groups excluding carboxylic acids is 3. The van der Waals surface area contributed by atoms with Crippen LogP contribution < -0.4 is 11.1 Å². The van der Waals surface area contributed by atoms with Gasteiger partial charge in [-0.1, -0.05) is 67.4 Å². The van der Waals surface area contributed by atoms with Crippen molar-refractivity contribution in [2.45, 2.75) is 108 Å². The van der Waals surface area contributed by atoms with Crippen LogP contribution in [0.4, 0.5) is 13.6 Å². The lowest BCUT2D eigenvalue weighted by molar-refractivity contribution is 0.0837. The third-order valence-corrected chi connectivity index (χ3v) is 11.4. The van der Waals surface area contributed by atoms with Crippen molar-refractivity contribution in [3.63, 3.8) is 0 Å². The number of nitrogens with two attached hydrogens (primary N) is 1. The summed E-state index contributed by atoms with van der Waals surface area (Å²) < 4.78 is 32.1. The molecule has 4 atom stereocenters. The maximum atomic E-state index is 13.5. The molecule has 254 valence electrons. The zero-order valence-electron chi connectivity index (χ0n) is 27.6. The highest BCUT2D eigenvalue weighted by molar-refractivity contribution is 5.97. The Balaban J connectivity index is 0.000000182. The SMILES string of the molecule is NC12CCCC(CC(=O)c3cccc(F)c3)(CC1)C2.O=C(NC12CCCC(CC(=O)c3cccc(F)c3)(CC1)C2)OCc1ccccc1. The van der Waals surface area contributed by atoms with Crippen LogP contribution in [-0.2, 0) is 11.3 Å². The average molecular weight is 657 g/mol. The van der Waals surface area contributed by atoms with Gasteiger partial charge in [-0.25, -0.2) is 13.6 Å². The second-order valence-electron chi connectivity index (χ2n) is 15.1. The van der Waals surface area contributed by atoms with Crippen LogP contribution in [0.25, 0.3) is 0 Å². The normalized spacial score (nSPS) is 28.6. The number of alkyl carbamates (subject to hydrolysis) is 1. The van der Waals surface area contributed by atoms with Crippen LogP contribution in [0.3, 0.4) is 0 Å². The van der Waals surface area contributed by atoms with Gasteiger partial charge in [0, 0.05) is 35.0 Å². The van der Waals surface area contributed by atoms with Crippen molar-refractivity contribution in [2.24, 2.45) is 16.6 Å². The summed E-state index contributed by atoms with van der Waals surface area (Å²) in [6.07, 6.45) is 12.2. The van der Waals surface area contributed by atoms with Crippen LogP contribution in [-0.4, -0.2) is 28.7 Å². The molecule has 4 bridgehead atoms. The summed E-state index contributed by atoms with van der Waals surface area (Å²) in [5.74, 6) is -0.688. The van der Waals surface area contributed by atoms with Crippen molar-refractivity contribution in [2.75, 3.05) is 0 Å². The fourth-order valence-corrected chi connectivity index (χ4v) is 9.14. The van der Waals surface area contributed by atoms with Gasteiger partial charge in [-0.2, -0.15) is 0 Å². The molecule has 0 heterocycles. The molecule has 4 aliphatic carbocycles. The van der Waals surface area contributed by atoms with Crippen molar-refractivity contribution in [3.05, 3.63) is 107 Å². The Kier molecular flexibility index (Phi) is 9.84. The maximum Gasteiger partial charge on any atom is 0.407 e. The second-order valence-corrected chi connectivity index (χ2v) is 15.1. The molecule has 0 saturated heterocycles. The molecule has 48 heavy (non-hydrogen) atoms. The molecule has 0 aromatic heterocycles. The first-order chi connectivity index (χ1) is 23.0. The van der Waals surface area contributed by atoms with Gasteiger partial charge in [0.15, 0.2) is 11.6 Å². The van der Waals surface area contributed by atoms with Gasteiger partial charge in [-0.05, 0) is 105 Å². The summed E-state index contributed by atoms with van der Waals surface area (Å²) in [4.78, 5) is 37.5. The molecule has 6 nitrogen and oxygen atoms in total. The number of carbonyl (C=O) groups is 3. The third-order valence-electron chi connectivity index (χ3n) is 11.4. The van der Waals surface area contributed by atoms with E-state index in [0.29, 0.717) is 24.0 Å². The molecule has 3 aromatic carbocycles. The Labute approximate surface area is 281 Å². The smallest absolute Gasteiger partial charge is 0.407 e. The first kappa shape index (κ1) is 34.0. The van der Waals surface area contributed by atoms with Crippen LogP contribution in [0.2, 0.25) is 0 Å². The van der Waals surface area contributed by atoms with E-state index in [1.807, 2.05) is 30.3 Å². The van der Waals surface area contributed by atoms with Crippen LogP contribution in [0.5, 0.6) is 0 Å². The maximum absolute atomic E-state index is 13.5. The lowest BCUT2D eigenvalue weighted by Gasteiger charge is -2.39. The van der Waals surface area contributed by atoms with E-state index in [9.17, 15) is 23.2 Å². The molecule has 4 fully saturated rings. The third kappa shape index (κ3) is 8.03. The fraction of sp³-hybridized carbons (Fsp3) is 0.475. The number of ketones is 2. The number of nitrogens with one attached hydrogen (secondary N) is 1. The lowest BCUT2D eigenvalue weighted by atomic mass is 9.70. The van der Waals surface area contributed by atoms with E-state index >= 15 is 0 Å². The number of amides is 1. The Morgan fingerprint density at radius 2 is 1.25 bits per heavy atom. The molecule has 7 rings (SSSR count). The molecule has 3 N–H and O–H groups in total. The zero-order chi connectivity index (χ0) is 33.8. The molecule has 4 aliphatic rings. The molecule has 0 radical (unpaired) electrons. The Bertz CT molecular complexity index is 1650. The molecule has 0 aliphatic heterocycles. The monoisotopic (exact) mass is 656 g/mol. The molecule has 4 unspecified atom stereocenters. The van der Waals surface area contributed by atoms with Crippen LogP contribution in [0.15, 0.2) is 78.9 Å². The molecule has 4 saturated carbocycles. The molecule has 1 amide bonds. The predicted molar refractivity (Wildman–Crippen MR) is 180 cm³/mol. The predicted octanol–water partition coefficient (Wildman–Crippen LogP) is 8.87. The van der Waals surface area contributed by atoms with E-state index in [-0.39, 0.29) is 51.7 Å². The lowest BCUT2D eigenvalue weighted by Crippen LogP contribution is -2.49. The topological polar surface area (TPSA) is 98.5 Å². The molecule has 8 heteroatoms. The van der Waals surface area contributed by atoms with Crippen molar-refractivity contribution in [3.8, 4) is 0 Å². The van der Waals surface area contributed by atoms with Gasteiger partial charge in [-0.15, -0.1) is 0 Å². The summed E-state index contributed by atoms with van der Waals surface area (Å²) in [5, 5.41) is 3.11. The minimum absolute atomic E-state index is 0.0196. The van der Waals surface area contributed by atoms with Gasteiger partial charge in [0.05, 0.1) is 0 Å². The summed E-state index contributed by atoms with van der Waals surface area (Å²) in [5.41, 5.74) is 7.85. The minimum atomic E-state index is -0.400. The highest BCUT2D eigenvalue weighted by Crippen LogP contribution is 2.56. The summed E-state index contributed by atoms with van der Waals surface area (Å²) in [7, 11) is 0. The van der Waals surface area contributed by atoms with Gasteiger partial charge in [0.2, 0.25) is 0 Å². The molecular weight excluding hydrogens is 610 g/mol. The minimum Gasteiger partial charge on any atom is -0.445 e. The number of rotatable bonds is 9. The number of fused-ring (bicyclic) bond motifs is 4. The van der Waals surface area contributed by atoms with E-state index in [0.717, 1.165) is 82.6 Å². The van der Waals surface area contributed by atoms with Crippen molar-refractivity contribution >= 4 is 17.7 Å². The van der Waals surface area contributed by atoms with Gasteiger partial charge in [0.25, 0.3) is 0 Å². The van der Waals surface area contributed by atoms with Crippen molar-refractivity contribution in [1.29, 1.82) is 0 Å². The summed E-state index contributed by atoms with van der Waals surface area (Å²) >= 11 is 0. The largest absolute Gasteiger partial charge is 0.445 e. The standard InChI is InChI=1S/C24H26FNO3.C16H20FNO/c25-20-9-4-8-19(14-20)21(27)15-23-10-5-11-24(17-23,13-12-23)26-22(28)29-16-18-6-2-1-3-7-18;17-13-4-1-3-12(9-13)14(19)10-15-5-2-6-16(18,11-15)8-7-15/h1-4,6-9,14H,5,10-13,15-17H2,(H,26,28);1,3-4,9H,2,5-8,10-11,18H2. The Morgan fingerprint density at radius 1 is 0.667 bits per heavy atom.